The van der Waals surface area contributed by atoms with E-state index in [0.29, 0.717) is 5.01 Å². The van der Waals surface area contributed by atoms with Crippen LogP contribution in [0.25, 0.3) is 10.6 Å². The number of nitrogens with one attached hydrogen (secondary N) is 2. The molecule has 7 nitrogen and oxygen atoms in total. The largest absolute Gasteiger partial charge is 0.296 e. The van der Waals surface area contributed by atoms with Crippen LogP contribution >= 0.6 is 34.5 Å². The third-order valence-corrected chi connectivity index (χ3v) is 7.31. The highest BCUT2D eigenvalue weighted by atomic mass is 35.5. The van der Waals surface area contributed by atoms with E-state index in [-0.39, 0.29) is 31.7 Å². The van der Waals surface area contributed by atoms with Crippen LogP contribution in [0.5, 0.6) is 0 Å². The zero-order valence-electron chi connectivity index (χ0n) is 14.7. The lowest BCUT2D eigenvalue weighted by atomic mass is 10.2. The summed E-state index contributed by atoms with van der Waals surface area (Å²) in [7, 11) is -3.85. The Morgan fingerprint density at radius 1 is 1.07 bits per heavy atom. The molecule has 0 unspecified atom stereocenters. The standard InChI is InChI=1S/C18H14Cl2N4O3S2/c19-13-9-14(20)15(29(26,27)24-11-6-7-11)8-12(13)16(25)21-18-23-22-17(28-18)10-4-2-1-3-5-10/h1-5,8-9,11,24H,6-7H2,(H,21,23,25). The van der Waals surface area contributed by atoms with Crippen molar-refractivity contribution >= 4 is 55.6 Å². The number of sulfonamides is 1. The quantitative estimate of drug-likeness (QED) is 0.564. The first kappa shape index (κ1) is 20.2. The van der Waals surface area contributed by atoms with Crippen LogP contribution in [0.15, 0.2) is 47.4 Å². The number of nitrogens with zero attached hydrogens (tertiary/aromatic N) is 2. The zero-order chi connectivity index (χ0) is 20.6. The molecule has 1 aromatic heterocycles. The first-order valence-electron chi connectivity index (χ1n) is 8.55. The Hall–Kier alpha value is -2.04. The molecule has 0 atom stereocenters. The van der Waals surface area contributed by atoms with E-state index in [1.54, 1.807) is 0 Å². The number of benzene rings is 2. The molecule has 1 aliphatic rings. The number of anilines is 1. The molecule has 0 bridgehead atoms. The second-order valence-corrected chi connectivity index (χ2v) is 9.86. The Labute approximate surface area is 181 Å². The molecule has 1 saturated carbocycles. The van der Waals surface area contributed by atoms with Crippen LogP contribution < -0.4 is 10.0 Å². The zero-order valence-corrected chi connectivity index (χ0v) is 17.9. The number of rotatable bonds is 6. The van der Waals surface area contributed by atoms with E-state index in [1.807, 2.05) is 30.3 Å². The van der Waals surface area contributed by atoms with Gasteiger partial charge in [-0.15, -0.1) is 10.2 Å². The maximum absolute atomic E-state index is 12.7. The summed E-state index contributed by atoms with van der Waals surface area (Å²) in [5.41, 5.74) is 0.846. The van der Waals surface area contributed by atoms with Crippen molar-refractivity contribution in [3.63, 3.8) is 0 Å². The lowest BCUT2D eigenvalue weighted by molar-refractivity contribution is 0.102. The fraction of sp³-hybridized carbons (Fsp3) is 0.167. The fourth-order valence-corrected chi connectivity index (χ4v) is 5.44. The number of hydrogen-bond donors (Lipinski definition) is 2. The van der Waals surface area contributed by atoms with Gasteiger partial charge < -0.3 is 0 Å². The second kappa shape index (κ2) is 8.00. The van der Waals surface area contributed by atoms with Gasteiger partial charge in [-0.2, -0.15) is 0 Å². The predicted octanol–water partition coefficient (Wildman–Crippen LogP) is 4.20. The molecule has 2 N–H and O–H groups in total. The van der Waals surface area contributed by atoms with Crippen molar-refractivity contribution in [3.05, 3.63) is 58.1 Å². The fourth-order valence-electron chi connectivity index (χ4n) is 2.53. The Morgan fingerprint density at radius 2 is 1.79 bits per heavy atom. The summed E-state index contributed by atoms with van der Waals surface area (Å²) in [4.78, 5) is 12.5. The smallest absolute Gasteiger partial charge is 0.259 e. The van der Waals surface area contributed by atoms with Gasteiger partial charge in [0.1, 0.15) is 9.90 Å². The summed E-state index contributed by atoms with van der Waals surface area (Å²) < 4.78 is 27.6. The molecule has 4 rings (SSSR count). The van der Waals surface area contributed by atoms with Gasteiger partial charge in [0.25, 0.3) is 5.91 Å². The van der Waals surface area contributed by atoms with E-state index < -0.39 is 15.9 Å². The van der Waals surface area contributed by atoms with Crippen LogP contribution in [-0.4, -0.2) is 30.6 Å². The molecule has 29 heavy (non-hydrogen) atoms. The summed E-state index contributed by atoms with van der Waals surface area (Å²) in [6, 6.07) is 11.7. The lowest BCUT2D eigenvalue weighted by Gasteiger charge is -2.11. The highest BCUT2D eigenvalue weighted by Gasteiger charge is 2.30. The Kier molecular flexibility index (Phi) is 5.58. The summed E-state index contributed by atoms with van der Waals surface area (Å²) in [5, 5.41) is 11.5. The molecule has 150 valence electrons. The number of carbonyl (C=O) groups excluding carboxylic acids is 1. The molecule has 2 aromatic carbocycles. The maximum Gasteiger partial charge on any atom is 0.259 e. The Balaban J connectivity index is 1.59. The van der Waals surface area contributed by atoms with Gasteiger partial charge in [0, 0.05) is 11.6 Å². The van der Waals surface area contributed by atoms with Gasteiger partial charge >= 0.3 is 0 Å². The first-order valence-corrected chi connectivity index (χ1v) is 11.6. The van der Waals surface area contributed by atoms with Crippen molar-refractivity contribution in [1.29, 1.82) is 0 Å². The van der Waals surface area contributed by atoms with Crippen molar-refractivity contribution < 1.29 is 13.2 Å². The van der Waals surface area contributed by atoms with Crippen molar-refractivity contribution in [2.75, 3.05) is 5.32 Å². The summed E-state index contributed by atoms with van der Waals surface area (Å²) >= 11 is 13.4. The molecule has 1 fully saturated rings. The molecular formula is C18H14Cl2N4O3S2. The topological polar surface area (TPSA) is 101 Å². The minimum atomic E-state index is -3.85. The van der Waals surface area contributed by atoms with Gasteiger partial charge in [-0.1, -0.05) is 64.9 Å². The number of carbonyl (C=O) groups is 1. The molecule has 3 aromatic rings. The van der Waals surface area contributed by atoms with Gasteiger partial charge in [-0.05, 0) is 25.0 Å². The number of halogens is 2. The summed E-state index contributed by atoms with van der Waals surface area (Å²) in [6.07, 6.45) is 1.55. The van der Waals surface area contributed by atoms with E-state index in [9.17, 15) is 13.2 Å². The van der Waals surface area contributed by atoms with E-state index in [1.165, 1.54) is 23.5 Å². The average Bonchev–Trinajstić information content (AvgIpc) is 3.35. The SMILES string of the molecule is O=C(Nc1nnc(-c2ccccc2)s1)c1cc(S(=O)(=O)NC2CC2)c(Cl)cc1Cl. The van der Waals surface area contributed by atoms with E-state index >= 15 is 0 Å². The van der Waals surface area contributed by atoms with Crippen LogP contribution in [0, 0.1) is 0 Å². The van der Waals surface area contributed by atoms with Crippen LogP contribution in [0.3, 0.4) is 0 Å². The normalized spacial score (nSPS) is 14.0. The predicted molar refractivity (Wildman–Crippen MR) is 113 cm³/mol. The molecule has 0 spiro atoms. The number of aromatic nitrogens is 2. The maximum atomic E-state index is 12.7. The number of hydrogen-bond acceptors (Lipinski definition) is 6. The van der Waals surface area contributed by atoms with Crippen LogP contribution in [0.2, 0.25) is 10.0 Å². The van der Waals surface area contributed by atoms with Gasteiger partial charge in [0.15, 0.2) is 0 Å². The third-order valence-electron chi connectivity index (χ3n) is 4.12. The summed E-state index contributed by atoms with van der Waals surface area (Å²) in [6.45, 7) is 0. The highest BCUT2D eigenvalue weighted by Crippen LogP contribution is 2.32. The highest BCUT2D eigenvalue weighted by molar-refractivity contribution is 7.89. The summed E-state index contributed by atoms with van der Waals surface area (Å²) in [5.74, 6) is -0.606. The Morgan fingerprint density at radius 3 is 2.48 bits per heavy atom. The molecule has 1 heterocycles. The van der Waals surface area contributed by atoms with Gasteiger partial charge in [-0.25, -0.2) is 13.1 Å². The lowest BCUT2D eigenvalue weighted by Crippen LogP contribution is -2.26. The van der Waals surface area contributed by atoms with Gasteiger partial charge in [-0.3, -0.25) is 10.1 Å². The number of amides is 1. The molecule has 1 aliphatic carbocycles. The van der Waals surface area contributed by atoms with Crippen molar-refractivity contribution in [2.45, 2.75) is 23.8 Å². The van der Waals surface area contributed by atoms with E-state index in [0.717, 1.165) is 18.4 Å². The van der Waals surface area contributed by atoms with Crippen LogP contribution in [-0.2, 0) is 10.0 Å². The minimum absolute atomic E-state index is 0.0244. The van der Waals surface area contributed by atoms with Crippen LogP contribution in [0.4, 0.5) is 5.13 Å². The van der Waals surface area contributed by atoms with E-state index in [2.05, 4.69) is 20.2 Å². The van der Waals surface area contributed by atoms with Gasteiger partial charge in [0.2, 0.25) is 15.2 Å². The minimum Gasteiger partial charge on any atom is -0.296 e. The molecule has 11 heteroatoms. The Bertz CT molecular complexity index is 1180. The molecule has 0 aliphatic heterocycles. The van der Waals surface area contributed by atoms with E-state index in [4.69, 9.17) is 23.2 Å². The van der Waals surface area contributed by atoms with Crippen LogP contribution in [0.1, 0.15) is 23.2 Å². The molecular weight excluding hydrogens is 455 g/mol. The molecule has 0 saturated heterocycles. The monoisotopic (exact) mass is 468 g/mol. The van der Waals surface area contributed by atoms with Crippen molar-refractivity contribution in [2.24, 2.45) is 0 Å². The molecule has 0 radical (unpaired) electrons. The first-order chi connectivity index (χ1) is 13.8. The van der Waals surface area contributed by atoms with Crippen molar-refractivity contribution in [3.8, 4) is 10.6 Å². The molecule has 1 amide bonds. The van der Waals surface area contributed by atoms with Gasteiger partial charge in [0.05, 0.1) is 15.6 Å². The third kappa shape index (κ3) is 4.59. The average molecular weight is 469 g/mol. The second-order valence-electron chi connectivity index (χ2n) is 6.39. The van der Waals surface area contributed by atoms with Crippen molar-refractivity contribution in [1.82, 2.24) is 14.9 Å².